The van der Waals surface area contributed by atoms with E-state index >= 15 is 0 Å². The molecule has 0 aromatic heterocycles. The lowest BCUT2D eigenvalue weighted by atomic mass is 9.91. The molecule has 0 saturated carbocycles. The zero-order chi connectivity index (χ0) is 19.1. The molecule has 1 N–H and O–H groups in total. The van der Waals surface area contributed by atoms with Crippen molar-refractivity contribution >= 4 is 5.91 Å². The minimum absolute atomic E-state index is 0.137. The third kappa shape index (κ3) is 5.16. The number of rotatable bonds is 8. The molecule has 0 fully saturated rings. The zero-order valence-corrected chi connectivity index (χ0v) is 16.0. The van der Waals surface area contributed by atoms with E-state index in [0.717, 1.165) is 30.1 Å². The van der Waals surface area contributed by atoms with Crippen LogP contribution in [0.3, 0.4) is 0 Å². The number of fused-ring (bicyclic) bond motifs is 1. The lowest BCUT2D eigenvalue weighted by Gasteiger charge is -2.22. The maximum absolute atomic E-state index is 12.3. The summed E-state index contributed by atoms with van der Waals surface area (Å²) in [5.41, 5.74) is 2.60. The average molecular weight is 369 g/mol. The molecule has 1 amide bonds. The van der Waals surface area contributed by atoms with Crippen LogP contribution in [0.25, 0.3) is 0 Å². The highest BCUT2D eigenvalue weighted by atomic mass is 16.5. The fourth-order valence-electron chi connectivity index (χ4n) is 3.26. The molecule has 0 saturated heterocycles. The molecule has 5 nitrogen and oxygen atoms in total. The summed E-state index contributed by atoms with van der Waals surface area (Å²) in [5, 5.41) is 2.86. The first-order chi connectivity index (χ1) is 13.2. The quantitative estimate of drug-likeness (QED) is 0.723. The van der Waals surface area contributed by atoms with E-state index in [9.17, 15) is 4.79 Å². The monoisotopic (exact) mass is 369 g/mol. The predicted octanol–water partition coefficient (Wildman–Crippen LogP) is 3.54. The fourth-order valence-corrected chi connectivity index (χ4v) is 3.26. The van der Waals surface area contributed by atoms with Gasteiger partial charge in [-0.25, -0.2) is 0 Å². The molecule has 27 heavy (non-hydrogen) atoms. The number of ether oxygens (including phenoxy) is 3. The van der Waals surface area contributed by atoms with E-state index in [1.165, 1.54) is 24.0 Å². The predicted molar refractivity (Wildman–Crippen MR) is 105 cm³/mol. The van der Waals surface area contributed by atoms with Crippen LogP contribution in [-0.2, 0) is 17.6 Å². The van der Waals surface area contributed by atoms with Gasteiger partial charge in [0.15, 0.2) is 6.10 Å². The Labute approximate surface area is 160 Å². The summed E-state index contributed by atoms with van der Waals surface area (Å²) in [6.45, 7) is 2.60. The number of nitrogens with one attached hydrogen (secondary N) is 1. The Kier molecular flexibility index (Phi) is 6.58. The van der Waals surface area contributed by atoms with Crippen LogP contribution in [-0.4, -0.2) is 32.3 Å². The van der Waals surface area contributed by atoms with Crippen molar-refractivity contribution in [2.24, 2.45) is 0 Å². The normalized spacial score (nSPS) is 14.0. The van der Waals surface area contributed by atoms with Gasteiger partial charge in [0.1, 0.15) is 23.9 Å². The summed E-state index contributed by atoms with van der Waals surface area (Å²) in [7, 11) is 1.62. The molecule has 3 rings (SSSR count). The van der Waals surface area contributed by atoms with Gasteiger partial charge in [0, 0.05) is 0 Å². The van der Waals surface area contributed by atoms with Gasteiger partial charge >= 0.3 is 0 Å². The zero-order valence-electron chi connectivity index (χ0n) is 16.0. The van der Waals surface area contributed by atoms with Crippen molar-refractivity contribution in [2.75, 3.05) is 20.3 Å². The second-order valence-corrected chi connectivity index (χ2v) is 6.68. The first-order valence-electron chi connectivity index (χ1n) is 9.49. The molecule has 5 heteroatoms. The van der Waals surface area contributed by atoms with E-state index in [-0.39, 0.29) is 5.91 Å². The molecule has 0 heterocycles. The fraction of sp³-hybridized carbons (Fsp3) is 0.409. The van der Waals surface area contributed by atoms with E-state index in [1.807, 2.05) is 36.4 Å². The molecule has 2 aromatic rings. The smallest absolute Gasteiger partial charge is 0.260 e. The highest BCUT2D eigenvalue weighted by molar-refractivity contribution is 5.80. The number of hydrogen-bond donors (Lipinski definition) is 1. The minimum atomic E-state index is -0.542. The van der Waals surface area contributed by atoms with Crippen LogP contribution in [0.4, 0.5) is 0 Å². The number of carbonyl (C=O) groups excluding carboxylic acids is 1. The Morgan fingerprint density at radius 2 is 1.81 bits per heavy atom. The van der Waals surface area contributed by atoms with Crippen LogP contribution in [0.15, 0.2) is 42.5 Å². The maximum Gasteiger partial charge on any atom is 0.260 e. The van der Waals surface area contributed by atoms with Gasteiger partial charge in [-0.2, -0.15) is 0 Å². The Morgan fingerprint density at radius 1 is 1.07 bits per heavy atom. The largest absolute Gasteiger partial charge is 0.497 e. The molecule has 0 bridgehead atoms. The third-order valence-corrected chi connectivity index (χ3v) is 4.76. The summed E-state index contributed by atoms with van der Waals surface area (Å²) in [4.78, 5) is 12.3. The lowest BCUT2D eigenvalue weighted by Crippen LogP contribution is -2.38. The molecule has 1 aliphatic carbocycles. The van der Waals surface area contributed by atoms with E-state index < -0.39 is 6.10 Å². The van der Waals surface area contributed by atoms with Crippen molar-refractivity contribution < 1.29 is 19.0 Å². The lowest BCUT2D eigenvalue weighted by molar-refractivity contribution is -0.127. The first kappa shape index (κ1) is 19.1. The Hall–Kier alpha value is -2.69. The summed E-state index contributed by atoms with van der Waals surface area (Å²) >= 11 is 0. The maximum atomic E-state index is 12.3. The molecule has 1 aliphatic rings. The Bertz CT molecular complexity index is 757. The first-order valence-corrected chi connectivity index (χ1v) is 9.49. The number of benzene rings is 2. The number of carbonyl (C=O) groups is 1. The Balaban J connectivity index is 1.44. The molecule has 0 radical (unpaired) electrons. The van der Waals surface area contributed by atoms with Crippen LogP contribution in [0.2, 0.25) is 0 Å². The summed E-state index contributed by atoms with van der Waals surface area (Å²) < 4.78 is 16.7. The van der Waals surface area contributed by atoms with Gasteiger partial charge in [-0.3, -0.25) is 4.79 Å². The number of amides is 1. The van der Waals surface area contributed by atoms with Crippen molar-refractivity contribution in [2.45, 2.75) is 38.7 Å². The van der Waals surface area contributed by atoms with Crippen molar-refractivity contribution in [3.8, 4) is 17.2 Å². The SMILES string of the molecule is COc1ccc(OCCNC(=O)[C@H](C)Oc2cccc3c2CCCC3)cc1. The van der Waals surface area contributed by atoms with Crippen molar-refractivity contribution in [1.82, 2.24) is 5.32 Å². The average Bonchev–Trinajstić information content (AvgIpc) is 2.71. The van der Waals surface area contributed by atoms with Gasteiger partial charge in [-0.15, -0.1) is 0 Å². The molecule has 0 unspecified atom stereocenters. The second-order valence-electron chi connectivity index (χ2n) is 6.68. The number of hydrogen-bond acceptors (Lipinski definition) is 4. The minimum Gasteiger partial charge on any atom is -0.497 e. The van der Waals surface area contributed by atoms with Crippen LogP contribution < -0.4 is 19.5 Å². The molecule has 1 atom stereocenters. The second kappa shape index (κ2) is 9.31. The molecular formula is C22H27NO4. The molecular weight excluding hydrogens is 342 g/mol. The molecule has 2 aromatic carbocycles. The van der Waals surface area contributed by atoms with Gasteiger partial charge in [-0.05, 0) is 74.1 Å². The van der Waals surface area contributed by atoms with Crippen LogP contribution >= 0.6 is 0 Å². The molecule has 144 valence electrons. The van der Waals surface area contributed by atoms with Gasteiger partial charge in [0.05, 0.1) is 13.7 Å². The van der Waals surface area contributed by atoms with Crippen molar-refractivity contribution in [3.05, 3.63) is 53.6 Å². The van der Waals surface area contributed by atoms with Crippen LogP contribution in [0, 0.1) is 0 Å². The summed E-state index contributed by atoms with van der Waals surface area (Å²) in [5.74, 6) is 2.22. The highest BCUT2D eigenvalue weighted by Gasteiger charge is 2.19. The number of methoxy groups -OCH3 is 1. The van der Waals surface area contributed by atoms with Crippen LogP contribution in [0.5, 0.6) is 17.2 Å². The summed E-state index contributed by atoms with van der Waals surface area (Å²) in [6, 6.07) is 13.5. The van der Waals surface area contributed by atoms with E-state index in [0.29, 0.717) is 13.2 Å². The van der Waals surface area contributed by atoms with Gasteiger partial charge in [-0.1, -0.05) is 12.1 Å². The Morgan fingerprint density at radius 3 is 2.59 bits per heavy atom. The van der Waals surface area contributed by atoms with Gasteiger partial charge in [0.2, 0.25) is 0 Å². The van der Waals surface area contributed by atoms with E-state index in [1.54, 1.807) is 14.0 Å². The molecule has 0 spiro atoms. The standard InChI is InChI=1S/C22H27NO4/c1-16(27-21-9-5-7-17-6-3-4-8-20(17)21)22(24)23-14-15-26-19-12-10-18(25-2)11-13-19/h5,7,9-13,16H,3-4,6,8,14-15H2,1-2H3,(H,23,24)/t16-/m0/s1. The van der Waals surface area contributed by atoms with E-state index in [4.69, 9.17) is 14.2 Å². The van der Waals surface area contributed by atoms with E-state index in [2.05, 4.69) is 11.4 Å². The van der Waals surface area contributed by atoms with Gasteiger partial charge in [0.25, 0.3) is 5.91 Å². The van der Waals surface area contributed by atoms with Crippen molar-refractivity contribution in [3.63, 3.8) is 0 Å². The highest BCUT2D eigenvalue weighted by Crippen LogP contribution is 2.30. The summed E-state index contributed by atoms with van der Waals surface area (Å²) in [6.07, 6.45) is 3.97. The topological polar surface area (TPSA) is 56.8 Å². The molecule has 0 aliphatic heterocycles. The van der Waals surface area contributed by atoms with Crippen LogP contribution in [0.1, 0.15) is 30.9 Å². The third-order valence-electron chi connectivity index (χ3n) is 4.76. The van der Waals surface area contributed by atoms with Gasteiger partial charge < -0.3 is 19.5 Å². The van der Waals surface area contributed by atoms with Crippen molar-refractivity contribution in [1.29, 1.82) is 0 Å². The number of aryl methyl sites for hydroxylation is 1.